The van der Waals surface area contributed by atoms with E-state index in [1.165, 1.54) is 0 Å². The first kappa shape index (κ1) is 15.2. The molecule has 0 saturated carbocycles. The fraction of sp³-hybridized carbons (Fsp3) is 0.471. The van der Waals surface area contributed by atoms with E-state index in [0.29, 0.717) is 12.3 Å². The third kappa shape index (κ3) is 3.19. The molecule has 2 aromatic rings. The van der Waals surface area contributed by atoms with Crippen molar-refractivity contribution in [3.63, 3.8) is 0 Å². The van der Waals surface area contributed by atoms with Crippen molar-refractivity contribution < 1.29 is 4.79 Å². The van der Waals surface area contributed by atoms with Gasteiger partial charge >= 0.3 is 0 Å². The van der Waals surface area contributed by atoms with Crippen LogP contribution in [0.4, 0.5) is 0 Å². The largest absolute Gasteiger partial charge is 0.334 e. The molecule has 2 aromatic heterocycles. The van der Waals surface area contributed by atoms with Crippen LogP contribution in [0.3, 0.4) is 0 Å². The van der Waals surface area contributed by atoms with Crippen LogP contribution in [0.2, 0.25) is 0 Å². The minimum Gasteiger partial charge on any atom is -0.334 e. The molecule has 0 spiro atoms. The van der Waals surface area contributed by atoms with Crippen LogP contribution in [0, 0.1) is 0 Å². The molecule has 5 heteroatoms. The Morgan fingerprint density at radius 3 is 3.00 bits per heavy atom. The first-order chi connectivity index (χ1) is 10.6. The molecule has 1 fully saturated rings. The van der Waals surface area contributed by atoms with Gasteiger partial charge < -0.3 is 4.90 Å². The number of pyridine rings is 1. The maximum Gasteiger partial charge on any atom is 0.229 e. The van der Waals surface area contributed by atoms with E-state index >= 15 is 0 Å². The van der Waals surface area contributed by atoms with Crippen molar-refractivity contribution in [2.24, 2.45) is 0 Å². The van der Waals surface area contributed by atoms with Crippen molar-refractivity contribution in [1.82, 2.24) is 14.9 Å². The predicted molar refractivity (Wildman–Crippen MR) is 87.8 cm³/mol. The number of thiazole rings is 1. The highest BCUT2D eigenvalue weighted by atomic mass is 32.1. The summed E-state index contributed by atoms with van der Waals surface area (Å²) in [4.78, 5) is 23.6. The molecule has 3 rings (SSSR count). The maximum atomic E-state index is 12.6. The quantitative estimate of drug-likeness (QED) is 0.866. The molecule has 0 unspecified atom stereocenters. The summed E-state index contributed by atoms with van der Waals surface area (Å²) >= 11 is 1.65. The monoisotopic (exact) mass is 315 g/mol. The Bertz CT molecular complexity index is 638. The lowest BCUT2D eigenvalue weighted by atomic mass is 10.1. The highest BCUT2D eigenvalue weighted by molar-refractivity contribution is 7.09. The summed E-state index contributed by atoms with van der Waals surface area (Å²) in [5, 5.41) is 3.12. The zero-order chi connectivity index (χ0) is 15.5. The van der Waals surface area contributed by atoms with E-state index in [1.54, 1.807) is 17.5 Å². The van der Waals surface area contributed by atoms with Crippen LogP contribution in [0.15, 0.2) is 29.8 Å². The van der Waals surface area contributed by atoms with E-state index in [9.17, 15) is 4.79 Å². The van der Waals surface area contributed by atoms with Crippen molar-refractivity contribution in [1.29, 1.82) is 0 Å². The Balaban J connectivity index is 1.70. The van der Waals surface area contributed by atoms with Gasteiger partial charge in [0.15, 0.2) is 0 Å². The third-order valence-electron chi connectivity index (χ3n) is 4.00. The second-order valence-corrected chi connectivity index (χ2v) is 6.90. The van der Waals surface area contributed by atoms with E-state index in [1.807, 2.05) is 28.5 Å². The van der Waals surface area contributed by atoms with E-state index in [-0.39, 0.29) is 11.9 Å². The SMILES string of the molecule is CC(C)c1nc(CC(=O)N2CCC[C@H]2c2ccccn2)cs1. The number of rotatable bonds is 4. The molecule has 3 heterocycles. The molecule has 1 aliphatic heterocycles. The Labute approximate surface area is 135 Å². The Kier molecular flexibility index (Phi) is 4.52. The maximum absolute atomic E-state index is 12.6. The molecule has 0 aromatic carbocycles. The fourth-order valence-corrected chi connectivity index (χ4v) is 3.71. The van der Waals surface area contributed by atoms with Crippen LogP contribution in [0.1, 0.15) is 55.0 Å². The number of nitrogens with zero attached hydrogens (tertiary/aromatic N) is 3. The Hall–Kier alpha value is -1.75. The van der Waals surface area contributed by atoms with Crippen molar-refractivity contribution in [2.45, 2.75) is 45.1 Å². The summed E-state index contributed by atoms with van der Waals surface area (Å²) in [5.74, 6) is 0.579. The van der Waals surface area contributed by atoms with Crippen LogP contribution in [0.5, 0.6) is 0 Å². The van der Waals surface area contributed by atoms with Gasteiger partial charge in [-0.3, -0.25) is 9.78 Å². The summed E-state index contributed by atoms with van der Waals surface area (Å²) < 4.78 is 0. The van der Waals surface area contributed by atoms with E-state index in [0.717, 1.165) is 35.8 Å². The van der Waals surface area contributed by atoms with E-state index in [2.05, 4.69) is 23.8 Å². The standard InChI is InChI=1S/C17H21N3OS/c1-12(2)17-19-13(11-22-17)10-16(21)20-9-5-7-15(20)14-6-3-4-8-18-14/h3-4,6,8,11-12,15H,5,7,9-10H2,1-2H3/t15-/m0/s1. The smallest absolute Gasteiger partial charge is 0.229 e. The van der Waals surface area contributed by atoms with Gasteiger partial charge in [0.25, 0.3) is 0 Å². The first-order valence-corrected chi connectivity index (χ1v) is 8.68. The highest BCUT2D eigenvalue weighted by Gasteiger charge is 2.30. The normalized spacial score (nSPS) is 18.1. The second-order valence-electron chi connectivity index (χ2n) is 6.01. The molecule has 116 valence electrons. The molecule has 1 aliphatic rings. The van der Waals surface area contributed by atoms with Crippen LogP contribution in [-0.4, -0.2) is 27.3 Å². The molecule has 0 bridgehead atoms. The van der Waals surface area contributed by atoms with Crippen molar-refractivity contribution in [3.05, 3.63) is 46.2 Å². The lowest BCUT2D eigenvalue weighted by Crippen LogP contribution is -2.32. The van der Waals surface area contributed by atoms with Crippen LogP contribution < -0.4 is 0 Å². The third-order valence-corrected chi connectivity index (χ3v) is 5.19. The summed E-state index contributed by atoms with van der Waals surface area (Å²) in [7, 11) is 0. The molecule has 4 nitrogen and oxygen atoms in total. The minimum atomic E-state index is 0.122. The summed E-state index contributed by atoms with van der Waals surface area (Å²) in [6.07, 6.45) is 4.23. The average Bonchev–Trinajstić information content (AvgIpc) is 3.17. The first-order valence-electron chi connectivity index (χ1n) is 7.80. The number of likely N-dealkylation sites (tertiary alicyclic amines) is 1. The number of aromatic nitrogens is 2. The molecule has 1 amide bonds. The van der Waals surface area contributed by atoms with Gasteiger partial charge in [0.1, 0.15) is 0 Å². The molecular formula is C17H21N3OS. The lowest BCUT2D eigenvalue weighted by Gasteiger charge is -2.24. The summed E-state index contributed by atoms with van der Waals surface area (Å²) in [6.45, 7) is 5.07. The highest BCUT2D eigenvalue weighted by Crippen LogP contribution is 2.31. The van der Waals surface area contributed by atoms with Crippen molar-refractivity contribution in [2.75, 3.05) is 6.54 Å². The minimum absolute atomic E-state index is 0.122. The molecule has 0 aliphatic carbocycles. The number of carbonyl (C=O) groups is 1. The molecule has 22 heavy (non-hydrogen) atoms. The van der Waals surface area contributed by atoms with E-state index < -0.39 is 0 Å². The van der Waals surface area contributed by atoms with Gasteiger partial charge in [0.05, 0.1) is 28.9 Å². The zero-order valence-electron chi connectivity index (χ0n) is 13.0. The molecule has 1 atom stereocenters. The number of carbonyl (C=O) groups excluding carboxylic acids is 1. The van der Waals surface area contributed by atoms with Gasteiger partial charge in [-0.1, -0.05) is 19.9 Å². The van der Waals surface area contributed by atoms with Gasteiger partial charge in [-0.05, 0) is 25.0 Å². The van der Waals surface area contributed by atoms with Crippen LogP contribution >= 0.6 is 11.3 Å². The number of hydrogen-bond acceptors (Lipinski definition) is 4. The van der Waals surface area contributed by atoms with Crippen molar-refractivity contribution in [3.8, 4) is 0 Å². The zero-order valence-corrected chi connectivity index (χ0v) is 13.8. The second kappa shape index (κ2) is 6.57. The summed E-state index contributed by atoms with van der Waals surface area (Å²) in [6, 6.07) is 6.03. The molecule has 0 N–H and O–H groups in total. The van der Waals surface area contributed by atoms with Gasteiger partial charge in [0, 0.05) is 24.0 Å². The van der Waals surface area contributed by atoms with Gasteiger partial charge in [-0.25, -0.2) is 4.98 Å². The van der Waals surface area contributed by atoms with Crippen LogP contribution in [0.25, 0.3) is 0 Å². The number of hydrogen-bond donors (Lipinski definition) is 0. The Morgan fingerprint density at radius 1 is 1.45 bits per heavy atom. The Morgan fingerprint density at radius 2 is 2.32 bits per heavy atom. The fourth-order valence-electron chi connectivity index (χ4n) is 2.87. The molecule has 1 saturated heterocycles. The number of amides is 1. The molecule has 0 radical (unpaired) electrons. The summed E-state index contributed by atoms with van der Waals surface area (Å²) in [5.41, 5.74) is 1.89. The van der Waals surface area contributed by atoms with E-state index in [4.69, 9.17) is 0 Å². The topological polar surface area (TPSA) is 46.1 Å². The van der Waals surface area contributed by atoms with Gasteiger partial charge in [0.2, 0.25) is 5.91 Å². The van der Waals surface area contributed by atoms with Crippen LogP contribution in [-0.2, 0) is 11.2 Å². The van der Waals surface area contributed by atoms with Gasteiger partial charge in [-0.15, -0.1) is 11.3 Å². The molecular weight excluding hydrogens is 294 g/mol. The predicted octanol–water partition coefficient (Wildman–Crippen LogP) is 3.57. The lowest BCUT2D eigenvalue weighted by molar-refractivity contribution is -0.131. The van der Waals surface area contributed by atoms with Crippen molar-refractivity contribution >= 4 is 17.2 Å². The van der Waals surface area contributed by atoms with Gasteiger partial charge in [-0.2, -0.15) is 0 Å². The average molecular weight is 315 g/mol.